The molecule has 0 radical (unpaired) electrons. The van der Waals surface area contributed by atoms with E-state index in [1.165, 1.54) is 6.42 Å². The van der Waals surface area contributed by atoms with Crippen molar-refractivity contribution in [2.45, 2.75) is 32.9 Å². The van der Waals surface area contributed by atoms with Crippen LogP contribution in [0.25, 0.3) is 11.3 Å². The molecule has 0 amide bonds. The Morgan fingerprint density at radius 2 is 2.11 bits per heavy atom. The molecule has 0 unspecified atom stereocenters. The first-order valence-electron chi connectivity index (χ1n) is 6.37. The minimum Gasteiger partial charge on any atom is -0.455 e. The summed E-state index contributed by atoms with van der Waals surface area (Å²) in [6.07, 6.45) is 1.17. The van der Waals surface area contributed by atoms with E-state index in [1.807, 2.05) is 36.4 Å². The number of hydrogen-bond donors (Lipinski definition) is 1. The zero-order chi connectivity index (χ0) is 13.0. The predicted molar refractivity (Wildman–Crippen MR) is 74.5 cm³/mol. The molecule has 0 aliphatic heterocycles. The molecule has 2 N–H and O–H groups in total. The summed E-state index contributed by atoms with van der Waals surface area (Å²) < 4.78 is 5.83. The molecule has 1 heterocycles. The summed E-state index contributed by atoms with van der Waals surface area (Å²) in [7, 11) is 0. The second-order valence-electron chi connectivity index (χ2n) is 4.60. The zero-order valence-electron chi connectivity index (χ0n) is 10.8. The van der Waals surface area contributed by atoms with Crippen molar-refractivity contribution >= 4 is 11.6 Å². The Kier molecular flexibility index (Phi) is 4.45. The molecular weight excluding hydrogens is 246 g/mol. The number of hydrogen-bond acceptors (Lipinski definition) is 1. The van der Waals surface area contributed by atoms with Gasteiger partial charge in [0.15, 0.2) is 5.76 Å². The van der Waals surface area contributed by atoms with E-state index in [9.17, 15) is 0 Å². The lowest BCUT2D eigenvalue weighted by Gasteiger charge is -2.05. The van der Waals surface area contributed by atoms with Crippen LogP contribution in [0.3, 0.4) is 0 Å². The molecule has 18 heavy (non-hydrogen) atoms. The molecule has 0 fully saturated rings. The Balaban J connectivity index is 2.06. The highest BCUT2D eigenvalue weighted by Crippen LogP contribution is 2.24. The van der Waals surface area contributed by atoms with Crippen LogP contribution in [0.1, 0.15) is 26.0 Å². The molecule has 96 valence electrons. The SMILES string of the molecule is CC[C@H](C)[NH2+]Cc1ccc(-c2cccc(Cl)c2)o1. The van der Waals surface area contributed by atoms with Crippen molar-refractivity contribution in [2.24, 2.45) is 0 Å². The van der Waals surface area contributed by atoms with Gasteiger partial charge in [-0.15, -0.1) is 0 Å². The van der Waals surface area contributed by atoms with E-state index >= 15 is 0 Å². The maximum atomic E-state index is 5.98. The Bertz CT molecular complexity index is 507. The van der Waals surface area contributed by atoms with Crippen LogP contribution in [-0.4, -0.2) is 6.04 Å². The van der Waals surface area contributed by atoms with Crippen molar-refractivity contribution < 1.29 is 9.73 Å². The van der Waals surface area contributed by atoms with Gasteiger partial charge in [-0.3, -0.25) is 0 Å². The van der Waals surface area contributed by atoms with Crippen molar-refractivity contribution in [1.82, 2.24) is 0 Å². The number of benzene rings is 1. The molecule has 0 saturated heterocycles. The first-order chi connectivity index (χ1) is 8.69. The summed E-state index contributed by atoms with van der Waals surface area (Å²) in [5, 5.41) is 3.03. The van der Waals surface area contributed by atoms with Gasteiger partial charge in [0.05, 0.1) is 6.04 Å². The monoisotopic (exact) mass is 264 g/mol. The van der Waals surface area contributed by atoms with Gasteiger partial charge < -0.3 is 9.73 Å². The van der Waals surface area contributed by atoms with E-state index < -0.39 is 0 Å². The summed E-state index contributed by atoms with van der Waals surface area (Å²) in [6.45, 7) is 5.30. The number of rotatable bonds is 5. The van der Waals surface area contributed by atoms with E-state index in [0.29, 0.717) is 6.04 Å². The molecule has 1 aromatic heterocycles. The highest BCUT2D eigenvalue weighted by Gasteiger charge is 2.08. The van der Waals surface area contributed by atoms with Crippen molar-refractivity contribution in [2.75, 3.05) is 0 Å². The van der Waals surface area contributed by atoms with Gasteiger partial charge in [-0.25, -0.2) is 0 Å². The zero-order valence-corrected chi connectivity index (χ0v) is 11.6. The molecule has 1 atom stereocenters. The topological polar surface area (TPSA) is 29.8 Å². The first kappa shape index (κ1) is 13.2. The van der Waals surface area contributed by atoms with Crippen molar-refractivity contribution in [3.8, 4) is 11.3 Å². The van der Waals surface area contributed by atoms with E-state index in [0.717, 1.165) is 28.7 Å². The minimum absolute atomic E-state index is 0.629. The normalized spacial score (nSPS) is 12.6. The Morgan fingerprint density at radius 3 is 2.83 bits per heavy atom. The molecule has 2 rings (SSSR count). The number of quaternary nitrogens is 1. The van der Waals surface area contributed by atoms with Gasteiger partial charge in [-0.1, -0.05) is 30.7 Å². The highest BCUT2D eigenvalue weighted by atomic mass is 35.5. The standard InChI is InChI=1S/C15H18ClNO/c1-3-11(2)17-10-14-7-8-15(18-14)12-5-4-6-13(16)9-12/h4-9,11,17H,3,10H2,1-2H3/p+1/t11-/m0/s1. The largest absolute Gasteiger partial charge is 0.455 e. The molecule has 0 bridgehead atoms. The fourth-order valence-electron chi connectivity index (χ4n) is 1.77. The van der Waals surface area contributed by atoms with Crippen LogP contribution in [0.2, 0.25) is 5.02 Å². The predicted octanol–water partition coefficient (Wildman–Crippen LogP) is 3.46. The summed E-state index contributed by atoms with van der Waals surface area (Å²) in [5.41, 5.74) is 1.03. The van der Waals surface area contributed by atoms with Gasteiger partial charge in [-0.2, -0.15) is 0 Å². The number of nitrogens with two attached hydrogens (primary N) is 1. The molecule has 0 aliphatic carbocycles. The number of furan rings is 1. The Hall–Kier alpha value is -1.25. The smallest absolute Gasteiger partial charge is 0.158 e. The van der Waals surface area contributed by atoms with E-state index in [2.05, 4.69) is 19.2 Å². The molecule has 2 nitrogen and oxygen atoms in total. The number of halogens is 1. The molecule has 2 aromatic rings. The summed E-state index contributed by atoms with van der Waals surface area (Å²) in [6, 6.07) is 12.4. The van der Waals surface area contributed by atoms with Gasteiger partial charge in [-0.05, 0) is 37.6 Å². The summed E-state index contributed by atoms with van der Waals surface area (Å²) >= 11 is 5.98. The third-order valence-electron chi connectivity index (χ3n) is 3.14. The van der Waals surface area contributed by atoms with Crippen LogP contribution >= 0.6 is 11.6 Å². The lowest BCUT2D eigenvalue weighted by Crippen LogP contribution is -2.87. The molecule has 1 aromatic carbocycles. The van der Waals surface area contributed by atoms with Crippen LogP contribution < -0.4 is 5.32 Å². The molecular formula is C15H19ClNO+. The highest BCUT2D eigenvalue weighted by molar-refractivity contribution is 6.30. The first-order valence-corrected chi connectivity index (χ1v) is 6.75. The van der Waals surface area contributed by atoms with Crippen molar-refractivity contribution in [1.29, 1.82) is 0 Å². The molecule has 3 heteroatoms. The van der Waals surface area contributed by atoms with Crippen LogP contribution in [0.5, 0.6) is 0 Å². The quantitative estimate of drug-likeness (QED) is 0.881. The van der Waals surface area contributed by atoms with Crippen LogP contribution in [0, 0.1) is 0 Å². The summed E-state index contributed by atoms with van der Waals surface area (Å²) in [5.74, 6) is 1.88. The van der Waals surface area contributed by atoms with Crippen molar-refractivity contribution in [3.63, 3.8) is 0 Å². The third kappa shape index (κ3) is 3.37. The van der Waals surface area contributed by atoms with Crippen LogP contribution in [-0.2, 0) is 6.54 Å². The maximum absolute atomic E-state index is 5.98. The van der Waals surface area contributed by atoms with E-state index in [-0.39, 0.29) is 0 Å². The lowest BCUT2D eigenvalue weighted by molar-refractivity contribution is -0.703. The van der Waals surface area contributed by atoms with Gasteiger partial charge in [0.1, 0.15) is 12.3 Å². The molecule has 0 saturated carbocycles. The lowest BCUT2D eigenvalue weighted by atomic mass is 10.2. The average Bonchev–Trinajstić information content (AvgIpc) is 2.84. The van der Waals surface area contributed by atoms with E-state index in [1.54, 1.807) is 0 Å². The van der Waals surface area contributed by atoms with Gasteiger partial charge in [0.2, 0.25) is 0 Å². The van der Waals surface area contributed by atoms with Crippen LogP contribution in [0.15, 0.2) is 40.8 Å². The fraction of sp³-hybridized carbons (Fsp3) is 0.333. The van der Waals surface area contributed by atoms with Gasteiger partial charge >= 0.3 is 0 Å². The molecule has 0 spiro atoms. The van der Waals surface area contributed by atoms with Crippen LogP contribution in [0.4, 0.5) is 0 Å². The minimum atomic E-state index is 0.629. The summed E-state index contributed by atoms with van der Waals surface area (Å²) in [4.78, 5) is 0. The van der Waals surface area contributed by atoms with Gasteiger partial charge in [0, 0.05) is 10.6 Å². The average molecular weight is 265 g/mol. The fourth-order valence-corrected chi connectivity index (χ4v) is 1.96. The van der Waals surface area contributed by atoms with Crippen molar-refractivity contribution in [3.05, 3.63) is 47.2 Å². The third-order valence-corrected chi connectivity index (χ3v) is 3.37. The Labute approximate surface area is 113 Å². The molecule has 0 aliphatic rings. The second kappa shape index (κ2) is 6.07. The second-order valence-corrected chi connectivity index (χ2v) is 5.04. The maximum Gasteiger partial charge on any atom is 0.158 e. The Morgan fingerprint density at radius 1 is 1.28 bits per heavy atom. The van der Waals surface area contributed by atoms with E-state index in [4.69, 9.17) is 16.0 Å². The van der Waals surface area contributed by atoms with Gasteiger partial charge in [0.25, 0.3) is 0 Å².